The molecule has 0 saturated carbocycles. The van der Waals surface area contributed by atoms with Crippen LogP contribution in [0.2, 0.25) is 0 Å². The molecule has 0 saturated heterocycles. The van der Waals surface area contributed by atoms with Crippen LogP contribution in [0, 0.1) is 0 Å². The van der Waals surface area contributed by atoms with Crippen LogP contribution in [0.25, 0.3) is 21.9 Å². The van der Waals surface area contributed by atoms with Crippen LogP contribution in [-0.4, -0.2) is 4.98 Å². The molecule has 0 fully saturated rings. The zero-order valence-corrected chi connectivity index (χ0v) is 10.3. The third-order valence-corrected chi connectivity index (χ3v) is 3.18. The van der Waals surface area contributed by atoms with E-state index in [0.29, 0.717) is 0 Å². The quantitative estimate of drug-likeness (QED) is 0.570. The van der Waals surface area contributed by atoms with Gasteiger partial charge in [-0.15, -0.1) is 0 Å². The molecule has 0 aliphatic heterocycles. The molecular formula is C15H15NO. The summed E-state index contributed by atoms with van der Waals surface area (Å²) < 4.78 is 5.49. The second kappa shape index (κ2) is 3.33. The van der Waals surface area contributed by atoms with Crippen molar-refractivity contribution in [3.63, 3.8) is 0 Å². The highest BCUT2D eigenvalue weighted by Crippen LogP contribution is 2.30. The first-order valence-corrected chi connectivity index (χ1v) is 5.82. The molecule has 2 heteroatoms. The van der Waals surface area contributed by atoms with Crippen molar-refractivity contribution in [2.45, 2.75) is 26.2 Å². The summed E-state index contributed by atoms with van der Waals surface area (Å²) in [5.41, 5.74) is 3.27. The Morgan fingerprint density at radius 3 is 2.59 bits per heavy atom. The standard InChI is InChI=1S/C15H15NO/c1-15(2,3)11-6-4-10-5-7-13-14(12(10)8-11)17-9-16-13/h4-9H,1-3H3. The highest BCUT2D eigenvalue weighted by Gasteiger charge is 2.15. The van der Waals surface area contributed by atoms with E-state index >= 15 is 0 Å². The first kappa shape index (κ1) is 10.3. The average Bonchev–Trinajstić information content (AvgIpc) is 2.75. The van der Waals surface area contributed by atoms with E-state index in [2.05, 4.69) is 50.0 Å². The van der Waals surface area contributed by atoms with Crippen molar-refractivity contribution in [2.75, 3.05) is 0 Å². The van der Waals surface area contributed by atoms with E-state index < -0.39 is 0 Å². The molecule has 0 bridgehead atoms. The van der Waals surface area contributed by atoms with E-state index in [1.54, 1.807) is 0 Å². The van der Waals surface area contributed by atoms with Crippen LogP contribution < -0.4 is 0 Å². The lowest BCUT2D eigenvalue weighted by atomic mass is 9.86. The fourth-order valence-electron chi connectivity index (χ4n) is 2.11. The van der Waals surface area contributed by atoms with Gasteiger partial charge in [0.15, 0.2) is 12.0 Å². The second-order valence-electron chi connectivity index (χ2n) is 5.45. The number of aromatic nitrogens is 1. The Balaban J connectivity index is 2.40. The molecule has 0 N–H and O–H groups in total. The van der Waals surface area contributed by atoms with Crippen molar-refractivity contribution in [1.29, 1.82) is 0 Å². The Hall–Kier alpha value is -1.83. The van der Waals surface area contributed by atoms with Crippen molar-refractivity contribution >= 4 is 21.9 Å². The van der Waals surface area contributed by atoms with Gasteiger partial charge in [0.1, 0.15) is 5.52 Å². The normalized spacial score (nSPS) is 12.4. The largest absolute Gasteiger partial charge is 0.443 e. The summed E-state index contributed by atoms with van der Waals surface area (Å²) in [7, 11) is 0. The minimum absolute atomic E-state index is 0.149. The Kier molecular flexibility index (Phi) is 2.02. The SMILES string of the molecule is CC(C)(C)c1ccc2ccc3ncoc3c2c1. The maximum Gasteiger partial charge on any atom is 0.182 e. The van der Waals surface area contributed by atoms with Gasteiger partial charge >= 0.3 is 0 Å². The molecule has 0 atom stereocenters. The van der Waals surface area contributed by atoms with Gasteiger partial charge < -0.3 is 4.42 Å². The molecular weight excluding hydrogens is 210 g/mol. The van der Waals surface area contributed by atoms with Gasteiger partial charge in [-0.2, -0.15) is 0 Å². The maximum atomic E-state index is 5.49. The molecule has 1 aromatic heterocycles. The van der Waals surface area contributed by atoms with Crippen LogP contribution in [-0.2, 0) is 5.41 Å². The van der Waals surface area contributed by atoms with Gasteiger partial charge in [-0.05, 0) is 28.5 Å². The van der Waals surface area contributed by atoms with E-state index in [4.69, 9.17) is 4.42 Å². The summed E-state index contributed by atoms with van der Waals surface area (Å²) in [5, 5.41) is 2.34. The lowest BCUT2D eigenvalue weighted by Gasteiger charge is -2.19. The first-order valence-electron chi connectivity index (χ1n) is 5.82. The molecule has 0 amide bonds. The lowest BCUT2D eigenvalue weighted by Crippen LogP contribution is -2.10. The summed E-state index contributed by atoms with van der Waals surface area (Å²) in [6.45, 7) is 6.65. The third kappa shape index (κ3) is 1.60. The van der Waals surface area contributed by atoms with Gasteiger partial charge in [-0.3, -0.25) is 0 Å². The number of hydrogen-bond acceptors (Lipinski definition) is 2. The van der Waals surface area contributed by atoms with Crippen molar-refractivity contribution in [3.8, 4) is 0 Å². The number of benzene rings is 2. The highest BCUT2D eigenvalue weighted by atomic mass is 16.3. The Morgan fingerprint density at radius 1 is 1.06 bits per heavy atom. The van der Waals surface area contributed by atoms with Crippen LogP contribution in [0.1, 0.15) is 26.3 Å². The van der Waals surface area contributed by atoms with Gasteiger partial charge in [0.25, 0.3) is 0 Å². The van der Waals surface area contributed by atoms with Gasteiger partial charge in [-0.25, -0.2) is 4.98 Å². The second-order valence-corrected chi connectivity index (χ2v) is 5.45. The van der Waals surface area contributed by atoms with Crippen molar-refractivity contribution in [2.24, 2.45) is 0 Å². The summed E-state index contributed by atoms with van der Waals surface area (Å²) >= 11 is 0. The summed E-state index contributed by atoms with van der Waals surface area (Å²) in [6, 6.07) is 10.6. The molecule has 3 rings (SSSR count). The molecule has 0 radical (unpaired) electrons. The highest BCUT2D eigenvalue weighted by molar-refractivity contribution is 6.03. The van der Waals surface area contributed by atoms with Crippen molar-refractivity contribution in [1.82, 2.24) is 4.98 Å². The van der Waals surface area contributed by atoms with E-state index in [9.17, 15) is 0 Å². The molecule has 17 heavy (non-hydrogen) atoms. The minimum Gasteiger partial charge on any atom is -0.443 e. The van der Waals surface area contributed by atoms with Crippen molar-refractivity contribution in [3.05, 3.63) is 42.3 Å². The molecule has 0 aliphatic carbocycles. The Labute approximate surface area is 100 Å². The van der Waals surface area contributed by atoms with Crippen LogP contribution in [0.3, 0.4) is 0 Å². The number of nitrogens with zero attached hydrogens (tertiary/aromatic N) is 1. The van der Waals surface area contributed by atoms with Gasteiger partial charge in [0.2, 0.25) is 0 Å². The first-order chi connectivity index (χ1) is 8.05. The van der Waals surface area contributed by atoms with Crippen LogP contribution >= 0.6 is 0 Å². The maximum absolute atomic E-state index is 5.49. The monoisotopic (exact) mass is 225 g/mol. The Bertz CT molecular complexity index is 689. The van der Waals surface area contributed by atoms with Gasteiger partial charge in [0, 0.05) is 5.39 Å². The summed E-state index contributed by atoms with van der Waals surface area (Å²) in [4.78, 5) is 4.19. The molecule has 0 unspecified atom stereocenters. The van der Waals surface area contributed by atoms with Gasteiger partial charge in [-0.1, -0.05) is 39.0 Å². The van der Waals surface area contributed by atoms with E-state index in [-0.39, 0.29) is 5.41 Å². The minimum atomic E-state index is 0.149. The van der Waals surface area contributed by atoms with E-state index in [1.807, 2.05) is 6.07 Å². The Morgan fingerprint density at radius 2 is 1.82 bits per heavy atom. The van der Waals surface area contributed by atoms with E-state index in [1.165, 1.54) is 17.3 Å². The smallest absolute Gasteiger partial charge is 0.182 e. The number of fused-ring (bicyclic) bond motifs is 3. The fourth-order valence-corrected chi connectivity index (χ4v) is 2.11. The van der Waals surface area contributed by atoms with Crippen molar-refractivity contribution < 1.29 is 4.42 Å². The molecule has 2 nitrogen and oxygen atoms in total. The summed E-state index contributed by atoms with van der Waals surface area (Å²) in [5.74, 6) is 0. The third-order valence-electron chi connectivity index (χ3n) is 3.18. The number of rotatable bonds is 0. The zero-order valence-electron chi connectivity index (χ0n) is 10.3. The van der Waals surface area contributed by atoms with Crippen LogP contribution in [0.5, 0.6) is 0 Å². The predicted molar refractivity (Wildman–Crippen MR) is 70.2 cm³/mol. The summed E-state index contributed by atoms with van der Waals surface area (Å²) in [6.07, 6.45) is 1.51. The van der Waals surface area contributed by atoms with Gasteiger partial charge in [0.05, 0.1) is 0 Å². The molecule has 86 valence electrons. The molecule has 1 heterocycles. The molecule has 0 spiro atoms. The fraction of sp³-hybridized carbons (Fsp3) is 0.267. The van der Waals surface area contributed by atoms with Crippen LogP contribution in [0.15, 0.2) is 41.1 Å². The lowest BCUT2D eigenvalue weighted by molar-refractivity contribution is 0.590. The number of hydrogen-bond donors (Lipinski definition) is 0. The molecule has 2 aromatic carbocycles. The van der Waals surface area contributed by atoms with E-state index in [0.717, 1.165) is 16.5 Å². The molecule has 3 aromatic rings. The predicted octanol–water partition coefficient (Wildman–Crippen LogP) is 4.28. The van der Waals surface area contributed by atoms with Crippen LogP contribution in [0.4, 0.5) is 0 Å². The molecule has 0 aliphatic rings. The topological polar surface area (TPSA) is 26.0 Å². The number of oxazole rings is 1. The zero-order chi connectivity index (χ0) is 12.0. The average molecular weight is 225 g/mol.